The molecular weight excluding hydrogens is 348 g/mol. The van der Waals surface area contributed by atoms with Crippen molar-refractivity contribution in [3.05, 3.63) is 53.1 Å². The number of hydrogen-bond acceptors (Lipinski definition) is 3. The van der Waals surface area contributed by atoms with Crippen molar-refractivity contribution in [1.82, 2.24) is 0 Å². The first-order valence-corrected chi connectivity index (χ1v) is 9.56. The third-order valence-corrected chi connectivity index (χ3v) is 5.86. The maximum absolute atomic E-state index is 12.9. The van der Waals surface area contributed by atoms with Crippen LogP contribution in [0.4, 0.5) is 0 Å². The normalized spacial score (nSPS) is 24.8. The molecule has 0 aromatic heterocycles. The highest BCUT2D eigenvalue weighted by Crippen LogP contribution is 2.46. The van der Waals surface area contributed by atoms with Crippen LogP contribution >= 0.6 is 11.6 Å². The van der Waals surface area contributed by atoms with E-state index >= 15 is 0 Å². The molecule has 1 unspecified atom stereocenters. The zero-order valence-corrected chi connectivity index (χ0v) is 15.5. The van der Waals surface area contributed by atoms with Gasteiger partial charge in [-0.15, -0.1) is 0 Å². The lowest BCUT2D eigenvalue weighted by atomic mass is 9.75. The van der Waals surface area contributed by atoms with Crippen molar-refractivity contribution in [2.24, 2.45) is 11.8 Å². The minimum atomic E-state index is -0.685. The van der Waals surface area contributed by atoms with Gasteiger partial charge in [-0.2, -0.15) is 0 Å². The van der Waals surface area contributed by atoms with Gasteiger partial charge in [-0.25, -0.2) is 0 Å². The van der Waals surface area contributed by atoms with Crippen molar-refractivity contribution < 1.29 is 14.3 Å². The lowest BCUT2D eigenvalue weighted by Crippen LogP contribution is -2.35. The summed E-state index contributed by atoms with van der Waals surface area (Å²) < 4.78 is 5.76. The van der Waals surface area contributed by atoms with E-state index in [2.05, 4.69) is 0 Å². The second kappa shape index (κ2) is 6.88. The van der Waals surface area contributed by atoms with Crippen LogP contribution < -0.4 is 4.74 Å². The topological polar surface area (TPSA) is 43.4 Å². The third kappa shape index (κ3) is 2.95. The van der Waals surface area contributed by atoms with E-state index in [9.17, 15) is 9.59 Å². The molecule has 2 aromatic carbocycles. The van der Waals surface area contributed by atoms with Gasteiger partial charge in [-0.1, -0.05) is 29.8 Å². The molecule has 4 heteroatoms. The fourth-order valence-electron chi connectivity index (χ4n) is 4.30. The van der Waals surface area contributed by atoms with E-state index in [1.807, 2.05) is 49.4 Å². The van der Waals surface area contributed by atoms with Crippen LogP contribution in [0.15, 0.2) is 42.5 Å². The van der Waals surface area contributed by atoms with Crippen LogP contribution in [0.3, 0.4) is 0 Å². The Kier molecular flexibility index (Phi) is 4.58. The smallest absolute Gasteiger partial charge is 0.150 e. The summed E-state index contributed by atoms with van der Waals surface area (Å²) in [4.78, 5) is 25.9. The van der Waals surface area contributed by atoms with Crippen molar-refractivity contribution in [3.8, 4) is 16.9 Å². The highest BCUT2D eigenvalue weighted by atomic mass is 35.5. The number of carbonyl (C=O) groups is 2. The minimum Gasteiger partial charge on any atom is -0.494 e. The number of hydrogen-bond donors (Lipinski definition) is 0. The molecule has 134 valence electrons. The van der Waals surface area contributed by atoms with E-state index in [0.717, 1.165) is 30.4 Å². The SMILES string of the molecule is CCOc1ccc(-c2ccc(Cl)cc2)cc1C1C(=O)[C@@H]2CC[C@@H](C2)C1=O. The molecule has 2 bridgehead atoms. The lowest BCUT2D eigenvalue weighted by Gasteiger charge is -2.27. The molecule has 2 aromatic rings. The van der Waals surface area contributed by atoms with Gasteiger partial charge in [0.05, 0.1) is 6.61 Å². The molecule has 2 saturated carbocycles. The quantitative estimate of drug-likeness (QED) is 0.708. The van der Waals surface area contributed by atoms with Crippen LogP contribution in [-0.2, 0) is 9.59 Å². The highest BCUT2D eigenvalue weighted by Gasteiger charge is 2.48. The Morgan fingerprint density at radius 2 is 1.58 bits per heavy atom. The number of ketones is 2. The summed E-state index contributed by atoms with van der Waals surface area (Å²) in [7, 11) is 0. The summed E-state index contributed by atoms with van der Waals surface area (Å²) in [6.45, 7) is 2.40. The molecule has 0 heterocycles. The standard InChI is InChI=1S/C22H21ClO3/c1-2-26-19-10-7-14(13-5-8-17(23)9-6-13)12-18(19)20-21(24)15-3-4-16(11-15)22(20)25/h5-10,12,15-16,20H,2-4,11H2,1H3/t15-,16+,20?. The van der Waals surface area contributed by atoms with E-state index in [0.29, 0.717) is 22.9 Å². The lowest BCUT2D eigenvalue weighted by molar-refractivity contribution is -0.136. The maximum Gasteiger partial charge on any atom is 0.150 e. The Morgan fingerprint density at radius 1 is 0.962 bits per heavy atom. The fraction of sp³-hybridized carbons (Fsp3) is 0.364. The summed E-state index contributed by atoms with van der Waals surface area (Å²) in [5, 5.41) is 0.675. The van der Waals surface area contributed by atoms with E-state index < -0.39 is 5.92 Å². The number of carbonyl (C=O) groups excluding carboxylic acids is 2. The monoisotopic (exact) mass is 368 g/mol. The molecule has 0 spiro atoms. The molecule has 0 saturated heterocycles. The minimum absolute atomic E-state index is 0.0244. The van der Waals surface area contributed by atoms with Gasteiger partial charge in [0.25, 0.3) is 0 Å². The second-order valence-electron chi connectivity index (χ2n) is 7.14. The molecule has 26 heavy (non-hydrogen) atoms. The van der Waals surface area contributed by atoms with Crippen LogP contribution in [0.1, 0.15) is 37.7 Å². The zero-order chi connectivity index (χ0) is 18.3. The average molecular weight is 369 g/mol. The van der Waals surface area contributed by atoms with E-state index in [1.54, 1.807) is 0 Å². The third-order valence-electron chi connectivity index (χ3n) is 5.60. The van der Waals surface area contributed by atoms with Crippen LogP contribution in [0.25, 0.3) is 11.1 Å². The average Bonchev–Trinajstić information content (AvgIpc) is 3.10. The summed E-state index contributed by atoms with van der Waals surface area (Å²) >= 11 is 5.99. The van der Waals surface area contributed by atoms with E-state index in [-0.39, 0.29) is 23.4 Å². The molecular formula is C22H21ClO3. The van der Waals surface area contributed by atoms with Crippen molar-refractivity contribution in [2.75, 3.05) is 6.61 Å². The number of fused-ring (bicyclic) bond motifs is 2. The number of halogens is 1. The Morgan fingerprint density at radius 3 is 2.19 bits per heavy atom. The molecule has 0 radical (unpaired) electrons. The largest absolute Gasteiger partial charge is 0.494 e. The van der Waals surface area contributed by atoms with E-state index in [1.165, 1.54) is 0 Å². The molecule has 4 rings (SSSR count). The Labute approximate surface area is 158 Å². The van der Waals surface area contributed by atoms with Crippen molar-refractivity contribution in [2.45, 2.75) is 32.1 Å². The first-order chi connectivity index (χ1) is 12.6. The number of benzene rings is 2. The zero-order valence-electron chi connectivity index (χ0n) is 14.7. The molecule has 3 atom stereocenters. The van der Waals surface area contributed by atoms with Crippen LogP contribution in [0.2, 0.25) is 5.02 Å². The van der Waals surface area contributed by atoms with Crippen LogP contribution in [0.5, 0.6) is 5.75 Å². The molecule has 0 aliphatic heterocycles. The molecule has 2 aliphatic rings. The fourth-order valence-corrected chi connectivity index (χ4v) is 4.43. The van der Waals surface area contributed by atoms with Gasteiger partial charge in [-0.05, 0) is 61.6 Å². The summed E-state index contributed by atoms with van der Waals surface area (Å²) in [5.74, 6) is 0.136. The molecule has 2 aliphatic carbocycles. The van der Waals surface area contributed by atoms with Crippen LogP contribution in [0, 0.1) is 11.8 Å². The predicted octanol–water partition coefficient (Wildman–Crippen LogP) is 5.06. The molecule has 2 fully saturated rings. The van der Waals surface area contributed by atoms with Gasteiger partial charge < -0.3 is 4.74 Å². The number of ether oxygens (including phenoxy) is 1. The van der Waals surface area contributed by atoms with Gasteiger partial charge in [0.2, 0.25) is 0 Å². The maximum atomic E-state index is 12.9. The Hall–Kier alpha value is -2.13. The van der Waals surface area contributed by atoms with E-state index in [4.69, 9.17) is 16.3 Å². The number of Topliss-reactive ketones (excluding diaryl/α,β-unsaturated/α-hetero) is 2. The summed E-state index contributed by atoms with van der Waals surface area (Å²) in [6, 6.07) is 13.3. The second-order valence-corrected chi connectivity index (χ2v) is 7.57. The summed E-state index contributed by atoms with van der Waals surface area (Å²) in [6.07, 6.45) is 2.41. The Balaban J connectivity index is 1.80. The van der Waals surface area contributed by atoms with Gasteiger partial charge in [0, 0.05) is 22.4 Å². The molecule has 0 amide bonds. The van der Waals surface area contributed by atoms with Gasteiger partial charge >= 0.3 is 0 Å². The van der Waals surface area contributed by atoms with Crippen molar-refractivity contribution in [1.29, 1.82) is 0 Å². The van der Waals surface area contributed by atoms with Gasteiger partial charge in [-0.3, -0.25) is 9.59 Å². The first-order valence-electron chi connectivity index (χ1n) is 9.18. The Bertz CT molecular complexity index is 834. The molecule has 3 nitrogen and oxygen atoms in total. The van der Waals surface area contributed by atoms with Crippen molar-refractivity contribution >= 4 is 23.2 Å². The van der Waals surface area contributed by atoms with Crippen molar-refractivity contribution in [3.63, 3.8) is 0 Å². The predicted molar refractivity (Wildman–Crippen MR) is 102 cm³/mol. The summed E-state index contributed by atoms with van der Waals surface area (Å²) in [5.41, 5.74) is 2.67. The first kappa shape index (κ1) is 17.3. The highest BCUT2D eigenvalue weighted by molar-refractivity contribution is 6.30. The number of rotatable bonds is 4. The van der Waals surface area contributed by atoms with Crippen LogP contribution in [-0.4, -0.2) is 18.2 Å². The van der Waals surface area contributed by atoms with Gasteiger partial charge in [0.15, 0.2) is 11.6 Å². The van der Waals surface area contributed by atoms with Gasteiger partial charge in [0.1, 0.15) is 11.7 Å². The molecule has 0 N–H and O–H groups in total.